The van der Waals surface area contributed by atoms with Gasteiger partial charge in [-0.25, -0.2) is 9.10 Å². The molecule has 1 aromatic rings. The lowest BCUT2D eigenvalue weighted by atomic mass is 10.3. The van der Waals surface area contributed by atoms with Gasteiger partial charge in [-0.2, -0.15) is 0 Å². The molecule has 12 heavy (non-hydrogen) atoms. The van der Waals surface area contributed by atoms with Crippen LogP contribution in [0.1, 0.15) is 5.69 Å². The van der Waals surface area contributed by atoms with Gasteiger partial charge in [0.05, 0.1) is 11.4 Å². The molecule has 0 saturated carbocycles. The van der Waals surface area contributed by atoms with Gasteiger partial charge in [0.2, 0.25) is 0 Å². The van der Waals surface area contributed by atoms with Gasteiger partial charge in [0.1, 0.15) is 0 Å². The number of hydrogen-bond acceptors (Lipinski definition) is 3. The molecule has 1 rings (SSSR count). The number of hydrogen-bond donors (Lipinski definition) is 2. The molecule has 1 amide bonds. The average molecular weight is 184 g/mol. The first kappa shape index (κ1) is 8.86. The molecule has 0 aromatic carbocycles. The zero-order chi connectivity index (χ0) is 9.14. The second-order valence-corrected chi connectivity index (χ2v) is 2.60. The molecule has 1 N–H and O–H groups in total. The summed E-state index contributed by atoms with van der Waals surface area (Å²) in [6, 6.07) is 3.30. The molecule has 1 aromatic heterocycles. The van der Waals surface area contributed by atoms with Crippen LogP contribution in [0.2, 0.25) is 0 Å². The van der Waals surface area contributed by atoms with E-state index in [1.165, 1.54) is 0 Å². The van der Waals surface area contributed by atoms with Crippen molar-refractivity contribution < 1.29 is 9.90 Å². The highest BCUT2D eigenvalue weighted by atomic mass is 32.1. The van der Waals surface area contributed by atoms with E-state index in [-0.39, 0.29) is 0 Å². The van der Waals surface area contributed by atoms with E-state index in [9.17, 15) is 4.79 Å². The molecule has 0 unspecified atom stereocenters. The molecule has 0 spiro atoms. The van der Waals surface area contributed by atoms with Crippen molar-refractivity contribution in [1.82, 2.24) is 4.98 Å². The minimum Gasteiger partial charge on any atom is -0.464 e. The maximum Gasteiger partial charge on any atom is 0.422 e. The first-order chi connectivity index (χ1) is 5.63. The van der Waals surface area contributed by atoms with Crippen molar-refractivity contribution in [2.45, 2.75) is 6.92 Å². The topological polar surface area (TPSA) is 53.4 Å². The van der Waals surface area contributed by atoms with Crippen LogP contribution in [0.3, 0.4) is 0 Å². The van der Waals surface area contributed by atoms with Crippen LogP contribution >= 0.6 is 12.8 Å². The van der Waals surface area contributed by atoms with Crippen molar-refractivity contribution in [1.29, 1.82) is 0 Å². The monoisotopic (exact) mass is 184 g/mol. The van der Waals surface area contributed by atoms with Crippen LogP contribution in [0.4, 0.5) is 10.5 Å². The SMILES string of the molecule is Cc1ncccc1N(S)C(=O)O. The van der Waals surface area contributed by atoms with E-state index in [1.54, 1.807) is 25.3 Å². The van der Waals surface area contributed by atoms with E-state index in [0.29, 0.717) is 11.4 Å². The highest BCUT2D eigenvalue weighted by Gasteiger charge is 2.11. The molecular weight excluding hydrogens is 176 g/mol. The van der Waals surface area contributed by atoms with Crippen molar-refractivity contribution in [3.05, 3.63) is 24.0 Å². The van der Waals surface area contributed by atoms with Gasteiger partial charge in [-0.15, -0.1) is 0 Å². The largest absolute Gasteiger partial charge is 0.464 e. The number of thiol groups is 1. The molecule has 4 nitrogen and oxygen atoms in total. The van der Waals surface area contributed by atoms with E-state index in [1.807, 2.05) is 0 Å². The van der Waals surface area contributed by atoms with Crippen LogP contribution in [0.5, 0.6) is 0 Å². The van der Waals surface area contributed by atoms with Gasteiger partial charge in [-0.1, -0.05) is 12.8 Å². The Bertz CT molecular complexity index is 303. The van der Waals surface area contributed by atoms with Gasteiger partial charge in [0.25, 0.3) is 0 Å². The lowest BCUT2D eigenvalue weighted by Gasteiger charge is -2.12. The molecule has 0 aliphatic heterocycles. The van der Waals surface area contributed by atoms with Crippen molar-refractivity contribution in [3.8, 4) is 0 Å². The Kier molecular flexibility index (Phi) is 2.54. The summed E-state index contributed by atoms with van der Waals surface area (Å²) in [5.41, 5.74) is 1.11. The summed E-state index contributed by atoms with van der Waals surface area (Å²) in [6.45, 7) is 1.72. The number of pyridine rings is 1. The predicted octanol–water partition coefficient (Wildman–Crippen LogP) is 1.72. The zero-order valence-corrected chi connectivity index (χ0v) is 7.32. The summed E-state index contributed by atoms with van der Waals surface area (Å²) in [7, 11) is 0. The van der Waals surface area contributed by atoms with Crippen molar-refractivity contribution in [2.75, 3.05) is 4.31 Å². The standard InChI is InChI=1S/C7H8N2O2S/c1-5-6(3-2-4-8-5)9(12)7(10)11/h2-4,12H,1H3,(H,10,11). The Morgan fingerprint density at radius 3 is 2.92 bits per heavy atom. The molecular formula is C7H8N2O2S. The number of amides is 1. The first-order valence-corrected chi connectivity index (χ1v) is 3.66. The molecule has 0 radical (unpaired) electrons. The van der Waals surface area contributed by atoms with Gasteiger partial charge < -0.3 is 5.11 Å². The smallest absolute Gasteiger partial charge is 0.422 e. The maximum absolute atomic E-state index is 10.5. The third kappa shape index (κ3) is 1.68. The number of rotatable bonds is 1. The van der Waals surface area contributed by atoms with Crippen LogP contribution in [-0.2, 0) is 0 Å². The fourth-order valence-corrected chi connectivity index (χ4v) is 1.01. The van der Waals surface area contributed by atoms with Crippen LogP contribution in [0.15, 0.2) is 18.3 Å². The van der Waals surface area contributed by atoms with E-state index < -0.39 is 6.09 Å². The fraction of sp³-hybridized carbons (Fsp3) is 0.143. The van der Waals surface area contributed by atoms with Crippen LogP contribution in [-0.4, -0.2) is 16.2 Å². The van der Waals surface area contributed by atoms with Gasteiger partial charge in [-0.05, 0) is 19.1 Å². The summed E-state index contributed by atoms with van der Waals surface area (Å²) in [5, 5.41) is 8.58. The number of aryl methyl sites for hydroxylation is 1. The van der Waals surface area contributed by atoms with Crippen molar-refractivity contribution in [2.24, 2.45) is 0 Å². The Labute approximate surface area is 75.4 Å². The Balaban J connectivity index is 3.02. The van der Waals surface area contributed by atoms with Gasteiger partial charge in [0.15, 0.2) is 0 Å². The molecule has 0 atom stereocenters. The van der Waals surface area contributed by atoms with E-state index in [4.69, 9.17) is 5.11 Å². The highest BCUT2D eigenvalue weighted by molar-refractivity contribution is 7.82. The first-order valence-electron chi connectivity index (χ1n) is 3.26. The third-order valence-corrected chi connectivity index (χ3v) is 1.77. The summed E-state index contributed by atoms with van der Waals surface area (Å²) in [6.07, 6.45) is 0.483. The van der Waals surface area contributed by atoms with Gasteiger partial charge in [0, 0.05) is 6.20 Å². The minimum atomic E-state index is -1.12. The van der Waals surface area contributed by atoms with Crippen LogP contribution < -0.4 is 4.31 Å². The molecule has 64 valence electrons. The van der Waals surface area contributed by atoms with Gasteiger partial charge in [-0.3, -0.25) is 4.98 Å². The lowest BCUT2D eigenvalue weighted by molar-refractivity contribution is 0.206. The van der Waals surface area contributed by atoms with Crippen LogP contribution in [0, 0.1) is 6.92 Å². The quantitative estimate of drug-likeness (QED) is 0.653. The molecule has 0 bridgehead atoms. The summed E-state index contributed by atoms with van der Waals surface area (Å²) < 4.78 is 0.836. The van der Waals surface area contributed by atoms with Crippen LogP contribution in [0.25, 0.3) is 0 Å². The van der Waals surface area contributed by atoms with E-state index in [0.717, 1.165) is 4.31 Å². The van der Waals surface area contributed by atoms with Crippen molar-refractivity contribution >= 4 is 24.6 Å². The van der Waals surface area contributed by atoms with E-state index in [2.05, 4.69) is 17.8 Å². The molecule has 5 heteroatoms. The van der Waals surface area contributed by atoms with Crippen molar-refractivity contribution in [3.63, 3.8) is 0 Å². The number of carboxylic acid groups (broad SMARTS) is 1. The second kappa shape index (κ2) is 3.44. The number of nitrogens with zero attached hydrogens (tertiary/aromatic N) is 2. The fourth-order valence-electron chi connectivity index (χ4n) is 0.803. The Hall–Kier alpha value is -1.23. The molecule has 0 aliphatic rings. The lowest BCUT2D eigenvalue weighted by Crippen LogP contribution is -2.18. The minimum absolute atomic E-state index is 0.480. The number of aromatic nitrogens is 1. The second-order valence-electron chi connectivity index (χ2n) is 2.20. The zero-order valence-electron chi connectivity index (χ0n) is 6.43. The normalized spacial score (nSPS) is 9.50. The molecule has 0 aliphatic carbocycles. The number of anilines is 1. The summed E-state index contributed by atoms with van der Waals surface area (Å²) in [4.78, 5) is 14.4. The summed E-state index contributed by atoms with van der Waals surface area (Å²) in [5.74, 6) is 0. The predicted molar refractivity (Wildman–Crippen MR) is 48.5 cm³/mol. The molecule has 1 heterocycles. The average Bonchev–Trinajstić information content (AvgIpc) is 2.04. The number of carbonyl (C=O) groups is 1. The highest BCUT2D eigenvalue weighted by Crippen LogP contribution is 2.18. The molecule has 0 fully saturated rings. The van der Waals surface area contributed by atoms with E-state index >= 15 is 0 Å². The Morgan fingerprint density at radius 1 is 1.75 bits per heavy atom. The molecule has 0 saturated heterocycles. The third-order valence-electron chi connectivity index (χ3n) is 1.39. The van der Waals surface area contributed by atoms with Gasteiger partial charge >= 0.3 is 6.09 Å². The Morgan fingerprint density at radius 2 is 2.42 bits per heavy atom. The summed E-state index contributed by atoms with van der Waals surface area (Å²) >= 11 is 3.78. The maximum atomic E-state index is 10.5.